The molecule has 4 aliphatic rings. The third kappa shape index (κ3) is 4.40. The van der Waals surface area contributed by atoms with Gasteiger partial charge in [0, 0.05) is 13.1 Å². The molecule has 3 fully saturated rings. The molecule has 0 bridgehead atoms. The number of imide groups is 2. The molecule has 4 amide bonds. The highest BCUT2D eigenvalue weighted by Crippen LogP contribution is 2.58. The van der Waals surface area contributed by atoms with Crippen LogP contribution in [0.1, 0.15) is 35.4 Å². The summed E-state index contributed by atoms with van der Waals surface area (Å²) in [4.78, 5) is 58.8. The zero-order chi connectivity index (χ0) is 30.3. The molecule has 0 spiro atoms. The van der Waals surface area contributed by atoms with E-state index in [1.54, 1.807) is 24.3 Å². The first-order chi connectivity index (χ1) is 20.6. The summed E-state index contributed by atoms with van der Waals surface area (Å²) < 4.78 is 2.00. The van der Waals surface area contributed by atoms with Crippen LogP contribution in [0.3, 0.4) is 0 Å². The molecule has 2 heterocycles. The maximum Gasteiger partial charge on any atom is 0.238 e. The molecule has 218 valence electrons. The van der Waals surface area contributed by atoms with Gasteiger partial charge in [-0.3, -0.25) is 29.0 Å². The number of aryl methyl sites for hydroxylation is 2. The first-order valence-corrected chi connectivity index (χ1v) is 16.5. The number of carbonyl (C=O) groups excluding carboxylic acids is 4. The van der Waals surface area contributed by atoms with Crippen molar-refractivity contribution in [2.45, 2.75) is 32.6 Å². The number of carbonyl (C=O) groups is 4. The van der Waals surface area contributed by atoms with Crippen LogP contribution < -0.4 is 9.80 Å². The van der Waals surface area contributed by atoms with Gasteiger partial charge < -0.3 is 5.11 Å². The highest BCUT2D eigenvalue weighted by atomic mass is 127. The van der Waals surface area contributed by atoms with Crippen molar-refractivity contribution in [3.05, 3.63) is 96.1 Å². The van der Waals surface area contributed by atoms with Gasteiger partial charge >= 0.3 is 0 Å². The Bertz CT molecular complexity index is 1730. The maximum absolute atomic E-state index is 14.2. The lowest BCUT2D eigenvalue weighted by molar-refractivity contribution is -0.126. The number of hydrogen-bond donors (Lipinski definition) is 1. The van der Waals surface area contributed by atoms with E-state index in [4.69, 9.17) is 0 Å². The van der Waals surface area contributed by atoms with Gasteiger partial charge in [-0.05, 0) is 143 Å². The van der Waals surface area contributed by atoms with Crippen molar-refractivity contribution in [2.75, 3.05) is 9.80 Å². The van der Waals surface area contributed by atoms with Crippen LogP contribution in [0.4, 0.5) is 11.4 Å². The predicted octanol–water partition coefficient (Wildman–Crippen LogP) is 6.26. The van der Waals surface area contributed by atoms with E-state index in [2.05, 4.69) is 51.3 Å². The summed E-state index contributed by atoms with van der Waals surface area (Å²) in [5, 5.41) is 10.6. The SMILES string of the molecule is Cc1cc([C@H]2C3=CC[C@@H]4C(=O)N(c5ccc(I)cc5)C(=O)[C@@H]4[C@@H]3C[C@H]3C(=O)N(c4ccc(I)cc4)C(=O)[C@@H]23)cc(C)c1O. The van der Waals surface area contributed by atoms with Gasteiger partial charge in [0.1, 0.15) is 5.75 Å². The highest BCUT2D eigenvalue weighted by molar-refractivity contribution is 14.1. The van der Waals surface area contributed by atoms with Crippen LogP contribution in [0.5, 0.6) is 5.75 Å². The number of nitrogens with zero attached hydrogens (tertiary/aromatic N) is 2. The summed E-state index contributed by atoms with van der Waals surface area (Å²) in [7, 11) is 0. The third-order valence-electron chi connectivity index (χ3n) is 9.69. The van der Waals surface area contributed by atoms with Crippen molar-refractivity contribution in [1.82, 2.24) is 0 Å². The molecule has 7 nitrogen and oxygen atoms in total. The van der Waals surface area contributed by atoms with Crippen molar-refractivity contribution in [3.8, 4) is 5.75 Å². The van der Waals surface area contributed by atoms with Crippen molar-refractivity contribution in [2.24, 2.45) is 29.6 Å². The number of halogens is 2. The van der Waals surface area contributed by atoms with E-state index in [1.165, 1.54) is 9.80 Å². The molecule has 6 atom stereocenters. The van der Waals surface area contributed by atoms with E-state index in [0.29, 0.717) is 35.3 Å². The minimum absolute atomic E-state index is 0.199. The molecule has 3 aromatic rings. The van der Waals surface area contributed by atoms with Crippen LogP contribution in [0.25, 0.3) is 0 Å². The Morgan fingerprint density at radius 2 is 1.16 bits per heavy atom. The normalized spacial score (nSPS) is 28.1. The van der Waals surface area contributed by atoms with Gasteiger partial charge in [0.15, 0.2) is 0 Å². The van der Waals surface area contributed by atoms with Crippen molar-refractivity contribution in [1.29, 1.82) is 0 Å². The molecular weight excluding hydrogens is 770 g/mol. The van der Waals surface area contributed by atoms with E-state index in [9.17, 15) is 24.3 Å². The number of allylic oxidation sites excluding steroid dienone is 2. The fourth-order valence-corrected chi connectivity index (χ4v) is 8.54. The van der Waals surface area contributed by atoms with Crippen molar-refractivity contribution in [3.63, 3.8) is 0 Å². The minimum atomic E-state index is -0.645. The summed E-state index contributed by atoms with van der Waals surface area (Å²) in [6.45, 7) is 3.65. The number of phenols is 1. The first kappa shape index (κ1) is 28.7. The van der Waals surface area contributed by atoms with Gasteiger partial charge in [-0.1, -0.05) is 23.8 Å². The number of fused-ring (bicyclic) bond motifs is 4. The lowest BCUT2D eigenvalue weighted by atomic mass is 9.57. The maximum atomic E-state index is 14.2. The lowest BCUT2D eigenvalue weighted by Gasteiger charge is -2.44. The minimum Gasteiger partial charge on any atom is -0.507 e. The number of amides is 4. The quantitative estimate of drug-likeness (QED) is 0.192. The molecule has 0 radical (unpaired) electrons. The molecule has 2 aliphatic carbocycles. The molecule has 7 rings (SSSR count). The number of phenolic OH excluding ortho intramolecular Hbond substituents is 1. The average molecular weight is 798 g/mol. The second-order valence-electron chi connectivity index (χ2n) is 12.0. The molecule has 0 aromatic heterocycles. The standard InChI is InChI=1S/C34H28I2N2O5/c1-16-13-18(14-17(2)30(16)39)27-23-11-12-24-28(33(42)37(31(24)40)21-7-3-19(35)4-8-21)25(23)15-26-29(27)34(43)38(32(26)41)22-9-5-20(36)6-10-22/h3-11,13-14,24-29,39H,12,15H2,1-2H3/t24-,25+,26+,27-,28-,29+/m0/s1. The summed E-state index contributed by atoms with van der Waals surface area (Å²) in [6, 6.07) is 18.5. The van der Waals surface area contributed by atoms with E-state index < -0.39 is 29.6 Å². The molecule has 3 aromatic carbocycles. The number of hydrogen-bond acceptors (Lipinski definition) is 5. The molecule has 1 N–H and O–H groups in total. The predicted molar refractivity (Wildman–Crippen MR) is 178 cm³/mol. The van der Waals surface area contributed by atoms with E-state index in [0.717, 1.165) is 18.3 Å². The van der Waals surface area contributed by atoms with Crippen LogP contribution in [0, 0.1) is 50.6 Å². The molecule has 0 unspecified atom stereocenters. The molecule has 2 aliphatic heterocycles. The van der Waals surface area contributed by atoms with Gasteiger partial charge in [-0.15, -0.1) is 0 Å². The van der Waals surface area contributed by atoms with E-state index >= 15 is 0 Å². The van der Waals surface area contributed by atoms with Crippen LogP contribution in [-0.2, 0) is 19.2 Å². The zero-order valence-electron chi connectivity index (χ0n) is 23.5. The van der Waals surface area contributed by atoms with Crippen molar-refractivity contribution >= 4 is 80.2 Å². The Balaban J connectivity index is 1.35. The van der Waals surface area contributed by atoms with Crippen molar-refractivity contribution < 1.29 is 24.3 Å². The van der Waals surface area contributed by atoms with E-state index in [-0.39, 0.29) is 35.3 Å². The summed E-state index contributed by atoms with van der Waals surface area (Å²) >= 11 is 4.38. The lowest BCUT2D eigenvalue weighted by Crippen LogP contribution is -2.43. The largest absolute Gasteiger partial charge is 0.507 e. The van der Waals surface area contributed by atoms with E-state index in [1.807, 2.05) is 50.2 Å². The smallest absolute Gasteiger partial charge is 0.238 e. The topological polar surface area (TPSA) is 95.0 Å². The van der Waals surface area contributed by atoms with Crippen LogP contribution >= 0.6 is 45.2 Å². The van der Waals surface area contributed by atoms with Gasteiger partial charge in [0.25, 0.3) is 0 Å². The fourth-order valence-electron chi connectivity index (χ4n) is 7.82. The highest BCUT2D eigenvalue weighted by Gasteiger charge is 2.62. The monoisotopic (exact) mass is 798 g/mol. The summed E-state index contributed by atoms with van der Waals surface area (Å²) in [5.74, 6) is -3.99. The zero-order valence-corrected chi connectivity index (χ0v) is 27.8. The van der Waals surface area contributed by atoms with Crippen LogP contribution in [0.15, 0.2) is 72.3 Å². The molecule has 9 heteroatoms. The molecule has 1 saturated carbocycles. The number of aromatic hydroxyl groups is 1. The Hall–Kier alpha value is -3.06. The van der Waals surface area contributed by atoms with Gasteiger partial charge in [0.05, 0.1) is 35.0 Å². The fraction of sp³-hybridized carbons (Fsp3) is 0.294. The Labute approximate surface area is 276 Å². The van der Waals surface area contributed by atoms with Crippen LogP contribution in [-0.4, -0.2) is 28.7 Å². The van der Waals surface area contributed by atoms with Crippen LogP contribution in [0.2, 0.25) is 0 Å². The number of benzene rings is 3. The van der Waals surface area contributed by atoms with Gasteiger partial charge in [-0.2, -0.15) is 0 Å². The Morgan fingerprint density at radius 1 is 0.674 bits per heavy atom. The third-order valence-corrected chi connectivity index (χ3v) is 11.1. The second-order valence-corrected chi connectivity index (χ2v) is 14.5. The Kier molecular flexibility index (Phi) is 7.03. The Morgan fingerprint density at radius 3 is 1.70 bits per heavy atom. The van der Waals surface area contributed by atoms with Gasteiger partial charge in [-0.25, -0.2) is 0 Å². The summed E-state index contributed by atoms with van der Waals surface area (Å²) in [5.41, 5.74) is 4.25. The average Bonchev–Trinajstić information content (AvgIpc) is 3.39. The molecule has 2 saturated heterocycles. The number of rotatable bonds is 3. The second kappa shape index (κ2) is 10.5. The van der Waals surface area contributed by atoms with Gasteiger partial charge in [0.2, 0.25) is 23.6 Å². The molecular formula is C34H28I2N2O5. The summed E-state index contributed by atoms with van der Waals surface area (Å²) in [6.07, 6.45) is 2.78. The number of anilines is 2. The first-order valence-electron chi connectivity index (χ1n) is 14.3. The molecule has 43 heavy (non-hydrogen) atoms.